The van der Waals surface area contributed by atoms with Gasteiger partial charge in [0.05, 0.1) is 11.6 Å². The molecule has 148 valence electrons. The van der Waals surface area contributed by atoms with E-state index in [0.29, 0.717) is 17.2 Å². The molecule has 28 heavy (non-hydrogen) atoms. The minimum absolute atomic E-state index is 0.106. The van der Waals surface area contributed by atoms with Crippen LogP contribution in [0.15, 0.2) is 39.7 Å². The number of rotatable bonds is 3. The number of amides is 1. The largest absolute Gasteiger partial charge is 0.431 e. The van der Waals surface area contributed by atoms with Crippen LogP contribution in [0.3, 0.4) is 0 Å². The van der Waals surface area contributed by atoms with E-state index in [1.54, 1.807) is 18.2 Å². The molecule has 3 bridgehead atoms. The first-order valence-corrected chi connectivity index (χ1v) is 10.9. The molecule has 4 heteroatoms. The molecular weight excluding hydrogens is 350 g/mol. The standard InChI is InChI=1S/C22H23NO3.C2H6/c24-19(23-18-3-1-2-17-16(18)4-5-26-20(17)25)12-21-8-14-6-13-7-15(11-21)22(21,9-13)10-14;1-2/h1-5,13-15H,6-12H2,(H,23,24);1-2H3. The molecule has 1 amide bonds. The lowest BCUT2D eigenvalue weighted by atomic mass is 9.45. The normalized spacial score (nSPS) is 36.4. The van der Waals surface area contributed by atoms with Gasteiger partial charge in [-0.15, -0.1) is 0 Å². The minimum Gasteiger partial charge on any atom is -0.431 e. The van der Waals surface area contributed by atoms with E-state index in [-0.39, 0.29) is 16.9 Å². The fourth-order valence-corrected chi connectivity index (χ4v) is 7.66. The van der Waals surface area contributed by atoms with Crippen molar-refractivity contribution in [3.63, 3.8) is 0 Å². The van der Waals surface area contributed by atoms with Crippen LogP contribution >= 0.6 is 0 Å². The fraction of sp³-hybridized carbons (Fsp3) is 0.583. The van der Waals surface area contributed by atoms with Crippen LogP contribution in [-0.2, 0) is 4.79 Å². The van der Waals surface area contributed by atoms with E-state index in [2.05, 4.69) is 5.32 Å². The maximum Gasteiger partial charge on any atom is 0.343 e. The summed E-state index contributed by atoms with van der Waals surface area (Å²) in [5.41, 5.74) is 1.09. The van der Waals surface area contributed by atoms with Gasteiger partial charge in [-0.2, -0.15) is 0 Å². The molecule has 1 spiro atoms. The third-order valence-corrected chi connectivity index (χ3v) is 8.25. The van der Waals surface area contributed by atoms with Gasteiger partial charge in [0.2, 0.25) is 5.91 Å². The second kappa shape index (κ2) is 6.20. The molecule has 5 unspecified atom stereocenters. The summed E-state index contributed by atoms with van der Waals surface area (Å²) in [5.74, 6) is 2.78. The van der Waals surface area contributed by atoms with Crippen molar-refractivity contribution in [3.05, 3.63) is 40.9 Å². The molecule has 0 saturated heterocycles. The SMILES string of the molecule is CC.O=C(CC12CC3CC4CC(C1)C2(C4)C3)Nc1cccc2c(=O)occc12. The van der Waals surface area contributed by atoms with Gasteiger partial charge < -0.3 is 9.73 Å². The first kappa shape index (κ1) is 18.0. The zero-order chi connectivity index (χ0) is 19.5. The van der Waals surface area contributed by atoms with Crippen LogP contribution in [0.25, 0.3) is 10.8 Å². The molecule has 5 atom stereocenters. The van der Waals surface area contributed by atoms with Gasteiger partial charge in [0, 0.05) is 17.5 Å². The molecule has 4 aliphatic rings. The van der Waals surface area contributed by atoms with Gasteiger partial charge in [0.15, 0.2) is 0 Å². The smallest absolute Gasteiger partial charge is 0.343 e. The van der Waals surface area contributed by atoms with Crippen LogP contribution in [-0.4, -0.2) is 5.91 Å². The average Bonchev–Trinajstić information content (AvgIpc) is 3.00. The number of benzene rings is 1. The van der Waals surface area contributed by atoms with Crippen molar-refractivity contribution in [1.29, 1.82) is 0 Å². The number of anilines is 1. The van der Waals surface area contributed by atoms with E-state index < -0.39 is 0 Å². The molecule has 4 saturated carbocycles. The third kappa shape index (κ3) is 2.29. The molecule has 1 aromatic heterocycles. The lowest BCUT2D eigenvalue weighted by Crippen LogP contribution is -2.53. The quantitative estimate of drug-likeness (QED) is 0.780. The number of hydrogen-bond acceptors (Lipinski definition) is 3. The topological polar surface area (TPSA) is 59.3 Å². The lowest BCUT2D eigenvalue weighted by Gasteiger charge is -2.59. The molecule has 1 aromatic carbocycles. The van der Waals surface area contributed by atoms with Crippen molar-refractivity contribution in [2.24, 2.45) is 28.6 Å². The van der Waals surface area contributed by atoms with Crippen molar-refractivity contribution in [3.8, 4) is 0 Å². The summed E-state index contributed by atoms with van der Waals surface area (Å²) in [6, 6.07) is 7.17. The zero-order valence-corrected chi connectivity index (χ0v) is 16.8. The lowest BCUT2D eigenvalue weighted by molar-refractivity contribution is -0.136. The number of hydrogen-bond donors (Lipinski definition) is 1. The number of carbonyl (C=O) groups is 1. The van der Waals surface area contributed by atoms with Gasteiger partial charge in [0.1, 0.15) is 0 Å². The molecule has 1 N–H and O–H groups in total. The van der Waals surface area contributed by atoms with E-state index in [9.17, 15) is 9.59 Å². The highest BCUT2D eigenvalue weighted by Crippen LogP contribution is 2.82. The van der Waals surface area contributed by atoms with Gasteiger partial charge >= 0.3 is 5.63 Å². The third-order valence-electron chi connectivity index (χ3n) is 8.25. The molecule has 4 fully saturated rings. The van der Waals surface area contributed by atoms with E-state index >= 15 is 0 Å². The highest BCUT2D eigenvalue weighted by Gasteiger charge is 2.74. The summed E-state index contributed by atoms with van der Waals surface area (Å²) in [6.07, 6.45) is 10.1. The fourth-order valence-electron chi connectivity index (χ4n) is 7.66. The van der Waals surface area contributed by atoms with E-state index in [0.717, 1.165) is 28.8 Å². The summed E-state index contributed by atoms with van der Waals surface area (Å²) < 4.78 is 4.94. The Kier molecular flexibility index (Phi) is 3.98. The van der Waals surface area contributed by atoms with Crippen LogP contribution in [0.4, 0.5) is 5.69 Å². The van der Waals surface area contributed by atoms with Crippen LogP contribution in [0.2, 0.25) is 0 Å². The highest BCUT2D eigenvalue weighted by atomic mass is 16.4. The van der Waals surface area contributed by atoms with E-state index in [1.807, 2.05) is 19.9 Å². The van der Waals surface area contributed by atoms with E-state index in [1.165, 1.54) is 44.8 Å². The van der Waals surface area contributed by atoms with Crippen molar-refractivity contribution in [2.75, 3.05) is 5.32 Å². The Morgan fingerprint density at radius 3 is 2.75 bits per heavy atom. The van der Waals surface area contributed by atoms with Crippen molar-refractivity contribution in [2.45, 2.75) is 58.8 Å². The Bertz CT molecular complexity index is 989. The number of fused-ring (bicyclic) bond motifs is 3. The molecule has 1 heterocycles. The number of carbonyl (C=O) groups excluding carboxylic acids is 1. The zero-order valence-electron chi connectivity index (χ0n) is 16.8. The van der Waals surface area contributed by atoms with Crippen molar-refractivity contribution >= 4 is 22.4 Å². The first-order valence-electron chi connectivity index (χ1n) is 10.9. The Balaban J connectivity index is 0.000000829. The second-order valence-electron chi connectivity index (χ2n) is 9.35. The highest BCUT2D eigenvalue weighted by molar-refractivity contribution is 6.01. The predicted octanol–water partition coefficient (Wildman–Crippen LogP) is 5.36. The predicted molar refractivity (Wildman–Crippen MR) is 110 cm³/mol. The maximum atomic E-state index is 13.0. The Hall–Kier alpha value is -2.10. The Morgan fingerprint density at radius 2 is 1.89 bits per heavy atom. The van der Waals surface area contributed by atoms with Gasteiger partial charge in [-0.25, -0.2) is 4.79 Å². The van der Waals surface area contributed by atoms with Crippen LogP contribution in [0.1, 0.15) is 58.8 Å². The Labute approximate surface area is 165 Å². The average molecular weight is 380 g/mol. The molecule has 4 nitrogen and oxygen atoms in total. The maximum absolute atomic E-state index is 13.0. The van der Waals surface area contributed by atoms with Gasteiger partial charge in [-0.3, -0.25) is 4.79 Å². The molecule has 2 aromatic rings. The summed E-state index contributed by atoms with van der Waals surface area (Å²) >= 11 is 0. The van der Waals surface area contributed by atoms with Crippen LogP contribution in [0, 0.1) is 28.6 Å². The van der Waals surface area contributed by atoms with Gasteiger partial charge in [-0.1, -0.05) is 19.9 Å². The van der Waals surface area contributed by atoms with Crippen molar-refractivity contribution in [1.82, 2.24) is 0 Å². The second-order valence-corrected chi connectivity index (χ2v) is 9.35. The summed E-state index contributed by atoms with van der Waals surface area (Å²) in [6.45, 7) is 4.00. The summed E-state index contributed by atoms with van der Waals surface area (Å²) in [4.78, 5) is 24.9. The molecule has 0 radical (unpaired) electrons. The van der Waals surface area contributed by atoms with Crippen LogP contribution in [0.5, 0.6) is 0 Å². The van der Waals surface area contributed by atoms with E-state index in [4.69, 9.17) is 4.42 Å². The van der Waals surface area contributed by atoms with Crippen molar-refractivity contribution < 1.29 is 9.21 Å². The monoisotopic (exact) mass is 379 g/mol. The molecule has 0 aliphatic heterocycles. The first-order chi connectivity index (χ1) is 13.6. The number of nitrogens with one attached hydrogen (secondary N) is 1. The summed E-state index contributed by atoms with van der Waals surface area (Å²) in [7, 11) is 0. The van der Waals surface area contributed by atoms with Crippen LogP contribution < -0.4 is 10.9 Å². The Morgan fingerprint density at radius 1 is 1.07 bits per heavy atom. The molecule has 6 rings (SSSR count). The molecular formula is C24H29NO3. The van der Waals surface area contributed by atoms with Gasteiger partial charge in [0.25, 0.3) is 0 Å². The summed E-state index contributed by atoms with van der Waals surface area (Å²) in [5, 5.41) is 4.37. The molecule has 4 aliphatic carbocycles. The van der Waals surface area contributed by atoms with Gasteiger partial charge in [-0.05, 0) is 85.3 Å². The minimum atomic E-state index is -0.362.